The number of halogens is 3. The molecule has 0 fully saturated rings. The Hall–Kier alpha value is -1.93. The highest BCUT2D eigenvalue weighted by atomic mass is 127. The van der Waals surface area contributed by atoms with Crippen molar-refractivity contribution < 1.29 is 9.18 Å². The predicted molar refractivity (Wildman–Crippen MR) is 100 cm³/mol. The number of nitrogens with zero attached hydrogens (tertiary/aromatic N) is 2. The summed E-state index contributed by atoms with van der Waals surface area (Å²) in [5.41, 5.74) is 1.86. The Morgan fingerprint density at radius 1 is 1.21 bits per heavy atom. The molecule has 0 aliphatic heterocycles. The van der Waals surface area contributed by atoms with Gasteiger partial charge in [0.1, 0.15) is 11.6 Å². The van der Waals surface area contributed by atoms with Crippen LogP contribution in [-0.4, -0.2) is 15.7 Å². The van der Waals surface area contributed by atoms with E-state index in [-0.39, 0.29) is 11.7 Å². The number of rotatable bonds is 3. The van der Waals surface area contributed by atoms with E-state index in [1.807, 2.05) is 6.92 Å². The minimum absolute atomic E-state index is 0.287. The average molecular weight is 456 g/mol. The van der Waals surface area contributed by atoms with Crippen LogP contribution in [-0.2, 0) is 0 Å². The number of amides is 1. The Balaban J connectivity index is 1.94. The number of hydrogen-bond donors (Lipinski definition) is 1. The minimum atomic E-state index is -0.332. The van der Waals surface area contributed by atoms with Crippen molar-refractivity contribution >= 4 is 45.9 Å². The van der Waals surface area contributed by atoms with Crippen LogP contribution in [0.4, 0.5) is 10.2 Å². The Morgan fingerprint density at radius 2 is 1.92 bits per heavy atom. The third-order valence-electron chi connectivity index (χ3n) is 3.32. The van der Waals surface area contributed by atoms with Crippen molar-refractivity contribution in [2.75, 3.05) is 5.32 Å². The maximum absolute atomic E-state index is 13.1. The van der Waals surface area contributed by atoms with Gasteiger partial charge in [-0.3, -0.25) is 4.79 Å². The SMILES string of the molecule is Cc1cc(NC(=O)c2cc(Cl)ccc2I)n(-c2ccc(F)cc2)n1. The molecule has 0 aliphatic carbocycles. The Morgan fingerprint density at radius 3 is 2.62 bits per heavy atom. The molecule has 1 N–H and O–H groups in total. The lowest BCUT2D eigenvalue weighted by atomic mass is 10.2. The molecule has 0 unspecified atom stereocenters. The number of benzene rings is 2. The van der Waals surface area contributed by atoms with Gasteiger partial charge in [0, 0.05) is 14.7 Å². The Kier molecular flexibility index (Phi) is 4.86. The molecule has 3 rings (SSSR count). The van der Waals surface area contributed by atoms with Gasteiger partial charge in [0.15, 0.2) is 0 Å². The zero-order valence-corrected chi connectivity index (χ0v) is 15.5. The number of anilines is 1. The number of aromatic nitrogens is 2. The van der Waals surface area contributed by atoms with E-state index in [4.69, 9.17) is 11.6 Å². The van der Waals surface area contributed by atoms with Crippen LogP contribution >= 0.6 is 34.2 Å². The summed E-state index contributed by atoms with van der Waals surface area (Å²) in [7, 11) is 0. The first-order chi connectivity index (χ1) is 11.4. The maximum atomic E-state index is 13.1. The van der Waals surface area contributed by atoms with Crippen LogP contribution in [0.1, 0.15) is 16.1 Å². The summed E-state index contributed by atoms with van der Waals surface area (Å²) in [5, 5.41) is 7.67. The maximum Gasteiger partial charge on any atom is 0.257 e. The molecule has 0 spiro atoms. The number of nitrogens with one attached hydrogen (secondary N) is 1. The summed E-state index contributed by atoms with van der Waals surface area (Å²) >= 11 is 8.05. The highest BCUT2D eigenvalue weighted by molar-refractivity contribution is 14.1. The molecule has 0 bridgehead atoms. The van der Waals surface area contributed by atoms with Gasteiger partial charge in [-0.2, -0.15) is 5.10 Å². The van der Waals surface area contributed by atoms with E-state index < -0.39 is 0 Å². The minimum Gasteiger partial charge on any atom is -0.306 e. The first-order valence-corrected chi connectivity index (χ1v) is 8.49. The molecule has 122 valence electrons. The quantitative estimate of drug-likeness (QED) is 0.575. The van der Waals surface area contributed by atoms with Crippen LogP contribution in [0.25, 0.3) is 5.69 Å². The van der Waals surface area contributed by atoms with Crippen molar-refractivity contribution in [3.8, 4) is 5.69 Å². The lowest BCUT2D eigenvalue weighted by Gasteiger charge is -2.10. The van der Waals surface area contributed by atoms with Gasteiger partial charge in [-0.15, -0.1) is 0 Å². The highest BCUT2D eigenvalue weighted by Gasteiger charge is 2.15. The molecule has 24 heavy (non-hydrogen) atoms. The summed E-state index contributed by atoms with van der Waals surface area (Å²) in [5.74, 6) is -0.119. The van der Waals surface area contributed by atoms with Crippen molar-refractivity contribution in [1.82, 2.24) is 9.78 Å². The molecular formula is C17H12ClFIN3O. The number of aryl methyl sites for hydroxylation is 1. The second-order valence-corrected chi connectivity index (χ2v) is 6.74. The van der Waals surface area contributed by atoms with Gasteiger partial charge in [-0.1, -0.05) is 11.6 Å². The molecule has 1 aromatic heterocycles. The summed E-state index contributed by atoms with van der Waals surface area (Å²) in [6, 6.07) is 12.8. The second-order valence-electron chi connectivity index (χ2n) is 5.14. The second kappa shape index (κ2) is 6.90. The average Bonchev–Trinajstić information content (AvgIpc) is 2.91. The highest BCUT2D eigenvalue weighted by Crippen LogP contribution is 2.22. The van der Waals surface area contributed by atoms with E-state index in [2.05, 4.69) is 33.0 Å². The third kappa shape index (κ3) is 3.59. The molecule has 0 atom stereocenters. The molecule has 0 saturated carbocycles. The van der Waals surface area contributed by atoms with Gasteiger partial charge in [0.2, 0.25) is 0 Å². The normalized spacial score (nSPS) is 10.7. The van der Waals surface area contributed by atoms with Crippen LogP contribution in [0, 0.1) is 16.3 Å². The molecule has 0 saturated heterocycles. The van der Waals surface area contributed by atoms with Crippen molar-refractivity contribution in [1.29, 1.82) is 0 Å². The van der Waals surface area contributed by atoms with Crippen molar-refractivity contribution in [2.45, 2.75) is 6.92 Å². The molecule has 7 heteroatoms. The largest absolute Gasteiger partial charge is 0.306 e. The summed E-state index contributed by atoms with van der Waals surface area (Å²) in [6.07, 6.45) is 0. The van der Waals surface area contributed by atoms with Crippen LogP contribution in [0.5, 0.6) is 0 Å². The fourth-order valence-corrected chi connectivity index (χ4v) is 2.98. The molecule has 3 aromatic rings. The standard InChI is InChI=1S/C17H12ClFIN3O/c1-10-8-16(23(22-10)13-5-3-12(19)4-6-13)21-17(24)14-9-11(18)2-7-15(14)20/h2-9H,1H3,(H,21,24). The van der Waals surface area contributed by atoms with Crippen LogP contribution in [0.2, 0.25) is 5.02 Å². The fourth-order valence-electron chi connectivity index (χ4n) is 2.22. The van der Waals surface area contributed by atoms with E-state index in [9.17, 15) is 9.18 Å². The lowest BCUT2D eigenvalue weighted by molar-refractivity contribution is 0.102. The van der Waals surface area contributed by atoms with Gasteiger partial charge in [-0.05, 0) is 72.0 Å². The van der Waals surface area contributed by atoms with Crippen molar-refractivity contribution in [3.63, 3.8) is 0 Å². The topological polar surface area (TPSA) is 46.9 Å². The van der Waals surface area contributed by atoms with Gasteiger partial charge >= 0.3 is 0 Å². The van der Waals surface area contributed by atoms with E-state index in [1.165, 1.54) is 12.1 Å². The van der Waals surface area contributed by atoms with E-state index in [0.717, 1.165) is 9.26 Å². The molecule has 4 nitrogen and oxygen atoms in total. The predicted octanol–water partition coefficient (Wildman–Crippen LogP) is 4.83. The third-order valence-corrected chi connectivity index (χ3v) is 4.49. The Bertz CT molecular complexity index is 909. The van der Waals surface area contributed by atoms with Crippen LogP contribution < -0.4 is 5.32 Å². The first kappa shape index (κ1) is 16.9. The molecule has 1 amide bonds. The van der Waals surface area contributed by atoms with Crippen molar-refractivity contribution in [2.24, 2.45) is 0 Å². The molecule has 0 radical (unpaired) electrons. The molecule has 1 heterocycles. The molecule has 2 aromatic carbocycles. The van der Waals surface area contributed by atoms with Crippen LogP contribution in [0.15, 0.2) is 48.5 Å². The van der Waals surface area contributed by atoms with E-state index in [1.54, 1.807) is 41.1 Å². The number of hydrogen-bond acceptors (Lipinski definition) is 2. The number of carbonyl (C=O) groups excluding carboxylic acids is 1. The summed E-state index contributed by atoms with van der Waals surface area (Å²) in [4.78, 5) is 12.6. The number of carbonyl (C=O) groups is 1. The summed E-state index contributed by atoms with van der Waals surface area (Å²) < 4.78 is 15.5. The zero-order chi connectivity index (χ0) is 17.3. The zero-order valence-electron chi connectivity index (χ0n) is 12.6. The van der Waals surface area contributed by atoms with Gasteiger partial charge in [0.25, 0.3) is 5.91 Å². The van der Waals surface area contributed by atoms with Gasteiger partial charge in [-0.25, -0.2) is 9.07 Å². The Labute approximate surface area is 156 Å². The van der Waals surface area contributed by atoms with Crippen molar-refractivity contribution in [3.05, 3.63) is 74.2 Å². The summed E-state index contributed by atoms with van der Waals surface area (Å²) in [6.45, 7) is 1.82. The van der Waals surface area contributed by atoms with E-state index in [0.29, 0.717) is 22.1 Å². The van der Waals surface area contributed by atoms with Gasteiger partial charge < -0.3 is 5.32 Å². The monoisotopic (exact) mass is 455 g/mol. The fraction of sp³-hybridized carbons (Fsp3) is 0.0588. The lowest BCUT2D eigenvalue weighted by Crippen LogP contribution is -2.16. The molecular weight excluding hydrogens is 444 g/mol. The van der Waals surface area contributed by atoms with Gasteiger partial charge in [0.05, 0.1) is 16.9 Å². The van der Waals surface area contributed by atoms with E-state index >= 15 is 0 Å². The molecule has 0 aliphatic rings. The smallest absolute Gasteiger partial charge is 0.257 e. The van der Waals surface area contributed by atoms with Crippen LogP contribution in [0.3, 0.4) is 0 Å². The first-order valence-electron chi connectivity index (χ1n) is 7.03.